The van der Waals surface area contributed by atoms with Crippen molar-refractivity contribution in [1.82, 2.24) is 0 Å². The van der Waals surface area contributed by atoms with Crippen molar-refractivity contribution < 1.29 is 24.4 Å². The molecule has 1 aromatic carbocycles. The Bertz CT molecular complexity index is 1090. The van der Waals surface area contributed by atoms with Gasteiger partial charge in [-0.15, -0.1) is 0 Å². The Balaban J connectivity index is 1.27. The molecule has 4 saturated carbocycles. The van der Waals surface area contributed by atoms with Gasteiger partial charge >= 0.3 is 0 Å². The number of nitriles is 1. The molecule has 1 aromatic rings. The summed E-state index contributed by atoms with van der Waals surface area (Å²) in [6.45, 7) is 7.29. The smallest absolute Gasteiger partial charge is 0.127 e. The van der Waals surface area contributed by atoms with Crippen LogP contribution in [0, 0.1) is 69.4 Å². The van der Waals surface area contributed by atoms with Crippen LogP contribution in [0.3, 0.4) is 0 Å². The minimum atomic E-state index is -0.671. The Morgan fingerprint density at radius 2 is 1.77 bits per heavy atom. The van der Waals surface area contributed by atoms with Crippen LogP contribution in [0.1, 0.15) is 103 Å². The van der Waals surface area contributed by atoms with Crippen LogP contribution >= 0.6 is 0 Å². The number of rotatable bonds is 8. The summed E-state index contributed by atoms with van der Waals surface area (Å²) in [6, 6.07) is 6.84. The molecule has 0 heterocycles. The maximum absolute atomic E-state index is 13.6. The third kappa shape index (κ3) is 4.99. The molecule has 3 N–H and O–H groups in total. The van der Waals surface area contributed by atoms with Crippen LogP contribution in [0.15, 0.2) is 18.2 Å². The molecule has 40 heavy (non-hydrogen) atoms. The van der Waals surface area contributed by atoms with E-state index in [2.05, 4.69) is 26.8 Å². The maximum atomic E-state index is 13.6. The predicted molar refractivity (Wildman–Crippen MR) is 153 cm³/mol. The molecule has 4 aliphatic rings. The first-order valence-corrected chi connectivity index (χ1v) is 15.8. The van der Waals surface area contributed by atoms with Gasteiger partial charge in [0.1, 0.15) is 11.6 Å². The molecule has 5 rings (SSSR count). The van der Waals surface area contributed by atoms with E-state index in [1.165, 1.54) is 38.5 Å². The van der Waals surface area contributed by atoms with E-state index in [-0.39, 0.29) is 22.6 Å². The molecular weight excluding hydrogens is 505 g/mol. The summed E-state index contributed by atoms with van der Waals surface area (Å²) in [5.74, 6) is 3.23. The number of hydrogen-bond donors (Lipinski definition) is 3. The number of aliphatic hydroxyl groups excluding tert-OH is 3. The summed E-state index contributed by atoms with van der Waals surface area (Å²) in [5.41, 5.74) is 0.941. The zero-order chi connectivity index (χ0) is 28.8. The van der Waals surface area contributed by atoms with E-state index in [0.717, 1.165) is 32.1 Å². The van der Waals surface area contributed by atoms with E-state index in [1.54, 1.807) is 6.07 Å². The van der Waals surface area contributed by atoms with Crippen LogP contribution in [0.2, 0.25) is 0 Å². The fraction of sp³-hybridized carbons (Fsp3) is 0.794. The van der Waals surface area contributed by atoms with Gasteiger partial charge in [0.15, 0.2) is 0 Å². The molecule has 0 radical (unpaired) electrons. The van der Waals surface area contributed by atoms with E-state index in [0.29, 0.717) is 66.1 Å². The largest absolute Gasteiger partial charge is 0.496 e. The normalized spacial score (nSPS) is 42.2. The lowest BCUT2D eigenvalue weighted by atomic mass is 9.41. The number of benzene rings is 1. The zero-order valence-corrected chi connectivity index (χ0v) is 24.9. The molecule has 4 aliphatic carbocycles. The van der Waals surface area contributed by atoms with Crippen LogP contribution in [-0.2, 0) is 0 Å². The minimum Gasteiger partial charge on any atom is -0.496 e. The second kappa shape index (κ2) is 11.5. The SMILES string of the molecule is COc1cc(F)ccc1C(O)CCC[C@@H](C)[C@H]1CC[C@H]2[C@@H]3C(CC#N)C[C@H]4[C@@H](O)[C@@H](O)CC[C@]4(C)[C@H]3CC[C@]12C. The number of halogens is 1. The predicted octanol–water partition coefficient (Wildman–Crippen LogP) is 6.80. The van der Waals surface area contributed by atoms with E-state index in [4.69, 9.17) is 4.74 Å². The molecule has 0 amide bonds. The monoisotopic (exact) mass is 555 g/mol. The molecule has 5 nitrogen and oxygen atoms in total. The number of methoxy groups -OCH3 is 1. The highest BCUT2D eigenvalue weighted by Crippen LogP contribution is 2.70. The summed E-state index contributed by atoms with van der Waals surface area (Å²) in [4.78, 5) is 0. The van der Waals surface area contributed by atoms with Crippen molar-refractivity contribution in [2.75, 3.05) is 7.11 Å². The lowest BCUT2D eigenvalue weighted by molar-refractivity contribution is -0.191. The Kier molecular flexibility index (Phi) is 8.60. The second-order valence-electron chi connectivity index (χ2n) is 14.4. The Labute approximate surface area is 240 Å². The van der Waals surface area contributed by atoms with E-state index < -0.39 is 18.3 Å². The van der Waals surface area contributed by atoms with Gasteiger partial charge in [-0.05, 0) is 116 Å². The van der Waals surface area contributed by atoms with Crippen molar-refractivity contribution >= 4 is 0 Å². The molecular formula is C34H50FNO4. The van der Waals surface area contributed by atoms with Crippen LogP contribution in [0.25, 0.3) is 0 Å². The molecule has 222 valence electrons. The van der Waals surface area contributed by atoms with Crippen molar-refractivity contribution in [2.45, 2.75) is 110 Å². The first kappa shape index (κ1) is 29.8. The molecule has 0 bridgehead atoms. The first-order valence-electron chi connectivity index (χ1n) is 15.8. The summed E-state index contributed by atoms with van der Waals surface area (Å²) in [6.07, 6.45) is 8.46. The van der Waals surface area contributed by atoms with Gasteiger partial charge in [0.05, 0.1) is 31.5 Å². The average Bonchev–Trinajstić information content (AvgIpc) is 3.29. The van der Waals surface area contributed by atoms with Gasteiger partial charge in [-0.1, -0.05) is 33.6 Å². The molecule has 12 atom stereocenters. The fourth-order valence-corrected chi connectivity index (χ4v) is 10.7. The van der Waals surface area contributed by atoms with Gasteiger partial charge in [0.25, 0.3) is 0 Å². The van der Waals surface area contributed by atoms with E-state index in [9.17, 15) is 25.0 Å². The topological polar surface area (TPSA) is 93.7 Å². The summed E-state index contributed by atoms with van der Waals surface area (Å²) < 4.78 is 18.9. The van der Waals surface area contributed by atoms with Crippen LogP contribution in [0.4, 0.5) is 4.39 Å². The van der Waals surface area contributed by atoms with Gasteiger partial charge < -0.3 is 20.1 Å². The van der Waals surface area contributed by atoms with Crippen molar-refractivity contribution in [3.8, 4) is 11.8 Å². The highest BCUT2D eigenvalue weighted by molar-refractivity contribution is 5.35. The third-order valence-electron chi connectivity index (χ3n) is 12.7. The second-order valence-corrected chi connectivity index (χ2v) is 14.4. The average molecular weight is 556 g/mol. The van der Waals surface area contributed by atoms with Crippen LogP contribution in [0.5, 0.6) is 5.75 Å². The Morgan fingerprint density at radius 1 is 1.05 bits per heavy atom. The summed E-state index contributed by atoms with van der Waals surface area (Å²) >= 11 is 0. The molecule has 0 aliphatic heterocycles. The third-order valence-corrected chi connectivity index (χ3v) is 12.7. The molecule has 0 aromatic heterocycles. The molecule has 0 spiro atoms. The number of aliphatic hydroxyl groups is 3. The maximum Gasteiger partial charge on any atom is 0.127 e. The number of nitrogens with zero attached hydrogens (tertiary/aromatic N) is 1. The molecule has 4 fully saturated rings. The van der Waals surface area contributed by atoms with Crippen molar-refractivity contribution in [2.24, 2.45) is 52.3 Å². The standard InChI is InChI=1S/C34H50FNO4/c1-20(6-5-7-28(37)23-9-8-22(35)19-30(23)40-4)24-10-11-25-31-21(14-17-36)18-27-32(39)29(38)13-16-34(27,3)26(31)12-15-33(24,25)2/h8-9,19-21,24-29,31-32,37-39H,5-7,10-16,18H2,1-4H3/t20-,21?,24-,25+,26+,27+,28?,29+,31+,32-,33-,34-/m1/s1. The van der Waals surface area contributed by atoms with E-state index >= 15 is 0 Å². The highest BCUT2D eigenvalue weighted by Gasteiger charge is 2.64. The van der Waals surface area contributed by atoms with Crippen molar-refractivity contribution in [3.05, 3.63) is 29.6 Å². The fourth-order valence-electron chi connectivity index (χ4n) is 10.7. The van der Waals surface area contributed by atoms with Crippen molar-refractivity contribution in [3.63, 3.8) is 0 Å². The van der Waals surface area contributed by atoms with Crippen molar-refractivity contribution in [1.29, 1.82) is 5.26 Å². The highest BCUT2D eigenvalue weighted by atomic mass is 19.1. The molecule has 0 saturated heterocycles. The van der Waals surface area contributed by atoms with Gasteiger partial charge in [-0.2, -0.15) is 5.26 Å². The van der Waals surface area contributed by atoms with Crippen LogP contribution in [-0.4, -0.2) is 34.6 Å². The Morgan fingerprint density at radius 3 is 2.50 bits per heavy atom. The van der Waals surface area contributed by atoms with Gasteiger partial charge in [-0.3, -0.25) is 0 Å². The quantitative estimate of drug-likeness (QED) is 0.328. The number of fused-ring (bicyclic) bond motifs is 5. The lowest BCUT2D eigenvalue weighted by Gasteiger charge is -2.64. The molecule has 6 heteroatoms. The minimum absolute atomic E-state index is 0.0395. The molecule has 2 unspecified atom stereocenters. The number of ether oxygens (including phenoxy) is 1. The lowest BCUT2D eigenvalue weighted by Crippen LogP contribution is -2.60. The zero-order valence-electron chi connectivity index (χ0n) is 24.9. The van der Waals surface area contributed by atoms with Crippen LogP contribution < -0.4 is 4.74 Å². The van der Waals surface area contributed by atoms with Gasteiger partial charge in [0, 0.05) is 18.1 Å². The number of hydrogen-bond acceptors (Lipinski definition) is 5. The van der Waals surface area contributed by atoms with Gasteiger partial charge in [0.2, 0.25) is 0 Å². The summed E-state index contributed by atoms with van der Waals surface area (Å²) in [5, 5.41) is 42.1. The first-order chi connectivity index (χ1) is 19.0. The van der Waals surface area contributed by atoms with Gasteiger partial charge in [-0.25, -0.2) is 4.39 Å². The Hall–Kier alpha value is -1.68. The van der Waals surface area contributed by atoms with E-state index in [1.807, 2.05) is 0 Å². The summed E-state index contributed by atoms with van der Waals surface area (Å²) in [7, 11) is 1.51.